The molecule has 0 bridgehead atoms. The number of aliphatic imine (C=N–C) groups is 1. The van der Waals surface area contributed by atoms with Crippen LogP contribution in [0.5, 0.6) is 5.75 Å². The first kappa shape index (κ1) is 20.2. The number of hydrogen-bond acceptors (Lipinski definition) is 3. The van der Waals surface area contributed by atoms with Crippen molar-refractivity contribution < 1.29 is 13.9 Å². The number of benzene rings is 1. The second-order valence-corrected chi connectivity index (χ2v) is 6.60. The van der Waals surface area contributed by atoms with Gasteiger partial charge in [-0.15, -0.1) is 24.0 Å². The van der Waals surface area contributed by atoms with Gasteiger partial charge in [0, 0.05) is 38.7 Å². The standard InChI is InChI=1S/C18H26FN3O2.HI/c1-20-17(22-10-7-18(13-22)8-12-23-14-18)21-9-2-11-24-16-5-3-15(19)4-6-16;/h3-6H,2,7-14H2,1H3,(H,20,21);1H. The van der Waals surface area contributed by atoms with Crippen LogP contribution in [0.15, 0.2) is 29.3 Å². The normalized spacial score (nSPS) is 23.0. The highest BCUT2D eigenvalue weighted by Gasteiger charge is 2.42. The minimum absolute atomic E-state index is 0. The van der Waals surface area contributed by atoms with Gasteiger partial charge in [-0.25, -0.2) is 4.39 Å². The van der Waals surface area contributed by atoms with Gasteiger partial charge in [0.2, 0.25) is 0 Å². The Morgan fingerprint density at radius 2 is 2.16 bits per heavy atom. The predicted octanol–water partition coefficient (Wildman–Crippen LogP) is 2.90. The molecule has 5 nitrogen and oxygen atoms in total. The molecule has 1 aromatic carbocycles. The Balaban J connectivity index is 0.00000225. The topological polar surface area (TPSA) is 46.1 Å². The Labute approximate surface area is 166 Å². The zero-order valence-corrected chi connectivity index (χ0v) is 17.0. The molecular formula is C18H27FIN3O2. The number of rotatable bonds is 5. The Morgan fingerprint density at radius 3 is 2.84 bits per heavy atom. The molecule has 1 atom stereocenters. The molecule has 2 aliphatic rings. The third-order valence-electron chi connectivity index (χ3n) is 4.82. The fourth-order valence-electron chi connectivity index (χ4n) is 3.41. The van der Waals surface area contributed by atoms with E-state index in [1.165, 1.54) is 18.6 Å². The second-order valence-electron chi connectivity index (χ2n) is 6.60. The summed E-state index contributed by atoms with van der Waals surface area (Å²) in [5.74, 6) is 1.41. The maximum Gasteiger partial charge on any atom is 0.193 e. The SMILES string of the molecule is CN=C(NCCCOc1ccc(F)cc1)N1CCC2(CCOC2)C1.I. The van der Waals surface area contributed by atoms with Crippen molar-refractivity contribution in [3.05, 3.63) is 30.1 Å². The second kappa shape index (κ2) is 9.56. The van der Waals surface area contributed by atoms with Crippen molar-refractivity contribution in [1.29, 1.82) is 0 Å². The Bertz CT molecular complexity index is 562. The van der Waals surface area contributed by atoms with E-state index < -0.39 is 0 Å². The fourth-order valence-corrected chi connectivity index (χ4v) is 3.41. The lowest BCUT2D eigenvalue weighted by Crippen LogP contribution is -2.42. The van der Waals surface area contributed by atoms with E-state index in [0.29, 0.717) is 17.8 Å². The van der Waals surface area contributed by atoms with E-state index in [1.54, 1.807) is 12.1 Å². The summed E-state index contributed by atoms with van der Waals surface area (Å²) in [5, 5.41) is 3.41. The number of guanidine groups is 1. The molecule has 2 fully saturated rings. The Kier molecular flexibility index (Phi) is 7.74. The maximum absolute atomic E-state index is 12.8. The number of ether oxygens (including phenoxy) is 2. The minimum atomic E-state index is -0.246. The van der Waals surface area contributed by atoms with Gasteiger partial charge in [-0.05, 0) is 43.5 Å². The lowest BCUT2D eigenvalue weighted by atomic mass is 9.87. The number of halogens is 2. The quantitative estimate of drug-likeness (QED) is 0.316. The summed E-state index contributed by atoms with van der Waals surface area (Å²) in [4.78, 5) is 6.73. The van der Waals surface area contributed by atoms with Gasteiger partial charge >= 0.3 is 0 Å². The number of nitrogens with zero attached hydrogens (tertiary/aromatic N) is 2. The molecule has 2 saturated heterocycles. The van der Waals surface area contributed by atoms with Crippen LogP contribution >= 0.6 is 24.0 Å². The van der Waals surface area contributed by atoms with Gasteiger partial charge in [-0.3, -0.25) is 4.99 Å². The highest BCUT2D eigenvalue weighted by Crippen LogP contribution is 2.38. The first-order valence-electron chi connectivity index (χ1n) is 8.63. The van der Waals surface area contributed by atoms with Gasteiger partial charge in [0.05, 0.1) is 13.2 Å². The molecule has 1 N–H and O–H groups in total. The largest absolute Gasteiger partial charge is 0.494 e. The van der Waals surface area contributed by atoms with E-state index in [-0.39, 0.29) is 29.8 Å². The maximum atomic E-state index is 12.8. The summed E-state index contributed by atoms with van der Waals surface area (Å²) in [5.41, 5.74) is 0.337. The smallest absolute Gasteiger partial charge is 0.193 e. The molecule has 25 heavy (non-hydrogen) atoms. The molecule has 0 aliphatic carbocycles. The monoisotopic (exact) mass is 463 g/mol. The summed E-state index contributed by atoms with van der Waals surface area (Å²) in [6.07, 6.45) is 3.20. The average Bonchev–Trinajstić information content (AvgIpc) is 3.23. The van der Waals surface area contributed by atoms with Crippen molar-refractivity contribution in [2.75, 3.05) is 46.5 Å². The molecule has 1 aromatic rings. The third-order valence-corrected chi connectivity index (χ3v) is 4.82. The van der Waals surface area contributed by atoms with Crippen LogP contribution in [0.4, 0.5) is 4.39 Å². The summed E-state index contributed by atoms with van der Waals surface area (Å²) in [6, 6.07) is 6.11. The Hall–Kier alpha value is -1.09. The van der Waals surface area contributed by atoms with E-state index >= 15 is 0 Å². The minimum Gasteiger partial charge on any atom is -0.494 e. The molecule has 0 saturated carbocycles. The van der Waals surface area contributed by atoms with Gasteiger partial charge < -0.3 is 19.7 Å². The van der Waals surface area contributed by atoms with Crippen molar-refractivity contribution in [3.8, 4) is 5.75 Å². The molecule has 0 amide bonds. The molecule has 0 aromatic heterocycles. The van der Waals surface area contributed by atoms with E-state index in [4.69, 9.17) is 9.47 Å². The van der Waals surface area contributed by atoms with Crippen LogP contribution in [0.3, 0.4) is 0 Å². The van der Waals surface area contributed by atoms with E-state index in [9.17, 15) is 4.39 Å². The predicted molar refractivity (Wildman–Crippen MR) is 107 cm³/mol. The molecule has 2 heterocycles. The van der Waals surface area contributed by atoms with Gasteiger partial charge in [0.1, 0.15) is 11.6 Å². The van der Waals surface area contributed by atoms with Crippen molar-refractivity contribution in [2.24, 2.45) is 10.4 Å². The number of nitrogens with one attached hydrogen (secondary N) is 1. The number of hydrogen-bond donors (Lipinski definition) is 1. The summed E-state index contributed by atoms with van der Waals surface area (Å²) in [6.45, 7) is 5.22. The third kappa shape index (κ3) is 5.44. The zero-order chi connectivity index (χ0) is 16.8. The first-order chi connectivity index (χ1) is 11.7. The van der Waals surface area contributed by atoms with Crippen LogP contribution < -0.4 is 10.1 Å². The van der Waals surface area contributed by atoms with Gasteiger partial charge in [-0.1, -0.05) is 0 Å². The van der Waals surface area contributed by atoms with Gasteiger partial charge in [-0.2, -0.15) is 0 Å². The fraction of sp³-hybridized carbons (Fsp3) is 0.611. The van der Waals surface area contributed by atoms with Crippen LogP contribution in [-0.4, -0.2) is 57.4 Å². The van der Waals surface area contributed by atoms with Crippen molar-refractivity contribution >= 4 is 29.9 Å². The van der Waals surface area contributed by atoms with Crippen molar-refractivity contribution in [1.82, 2.24) is 10.2 Å². The Morgan fingerprint density at radius 1 is 1.36 bits per heavy atom. The van der Waals surface area contributed by atoms with E-state index in [1.807, 2.05) is 7.05 Å². The van der Waals surface area contributed by atoms with Crippen LogP contribution in [-0.2, 0) is 4.74 Å². The van der Waals surface area contributed by atoms with Crippen molar-refractivity contribution in [3.63, 3.8) is 0 Å². The molecule has 1 unspecified atom stereocenters. The van der Waals surface area contributed by atoms with Crippen LogP contribution in [0.2, 0.25) is 0 Å². The molecule has 140 valence electrons. The van der Waals surface area contributed by atoms with Crippen LogP contribution in [0, 0.1) is 11.2 Å². The van der Waals surface area contributed by atoms with E-state index in [2.05, 4.69) is 15.2 Å². The average molecular weight is 463 g/mol. The highest BCUT2D eigenvalue weighted by atomic mass is 127. The summed E-state index contributed by atoms with van der Waals surface area (Å²) in [7, 11) is 1.83. The molecule has 2 aliphatic heterocycles. The highest BCUT2D eigenvalue weighted by molar-refractivity contribution is 14.0. The van der Waals surface area contributed by atoms with Crippen LogP contribution in [0.25, 0.3) is 0 Å². The zero-order valence-electron chi connectivity index (χ0n) is 14.7. The van der Waals surface area contributed by atoms with Gasteiger partial charge in [0.15, 0.2) is 5.96 Å². The van der Waals surface area contributed by atoms with Gasteiger partial charge in [0.25, 0.3) is 0 Å². The molecule has 7 heteroatoms. The molecular weight excluding hydrogens is 436 g/mol. The molecule has 0 radical (unpaired) electrons. The van der Waals surface area contributed by atoms with E-state index in [0.717, 1.165) is 51.6 Å². The first-order valence-corrected chi connectivity index (χ1v) is 8.63. The lowest BCUT2D eigenvalue weighted by Gasteiger charge is -2.24. The number of likely N-dealkylation sites (tertiary alicyclic amines) is 1. The molecule has 1 spiro atoms. The van der Waals surface area contributed by atoms with Crippen LogP contribution in [0.1, 0.15) is 19.3 Å². The summed E-state index contributed by atoms with van der Waals surface area (Å²) >= 11 is 0. The van der Waals surface area contributed by atoms with Crippen molar-refractivity contribution in [2.45, 2.75) is 19.3 Å². The lowest BCUT2D eigenvalue weighted by molar-refractivity contribution is 0.156. The summed E-state index contributed by atoms with van der Waals surface area (Å²) < 4.78 is 24.0. The molecule has 3 rings (SSSR count).